The van der Waals surface area contributed by atoms with E-state index in [1.165, 1.54) is 23.0 Å². The molecule has 4 rings (SSSR count). The Kier molecular flexibility index (Phi) is 9.14. The van der Waals surface area contributed by atoms with Crippen molar-refractivity contribution in [2.45, 2.75) is 39.7 Å². The van der Waals surface area contributed by atoms with Crippen LogP contribution in [0.5, 0.6) is 17.2 Å². The van der Waals surface area contributed by atoms with Gasteiger partial charge in [0.05, 0.1) is 43.2 Å². The Balaban J connectivity index is 2.05. The number of benzene rings is 2. The third-order valence-corrected chi connectivity index (χ3v) is 7.40. The molecule has 10 heteroatoms. The number of rotatable bonds is 10. The Bertz CT molecular complexity index is 1590. The number of nitrogens with zero attached hydrogens (tertiary/aromatic N) is 2. The molecule has 0 spiro atoms. The molecule has 1 aliphatic rings. The standard InChI is InChI=1S/C29H31ClN2O6S/c1-6-10-20-24(28(34)38-8-3)25(19-16-18(30)13-14-21(19)35-4)32-27(33)23(39-29(32)31-20)15-17-11-9-12-22(36-5)26(17)37-7-2/h9,11-16,25H,6-8,10H2,1-5H3/b23-15+/t25-/m1/s1. The Morgan fingerprint density at radius 2 is 1.87 bits per heavy atom. The van der Waals surface area contributed by atoms with Crippen LogP contribution in [0.2, 0.25) is 5.02 Å². The highest BCUT2D eigenvalue weighted by Gasteiger charge is 2.36. The molecule has 0 saturated heterocycles. The minimum absolute atomic E-state index is 0.182. The summed E-state index contributed by atoms with van der Waals surface area (Å²) in [7, 11) is 3.11. The Labute approximate surface area is 235 Å². The molecule has 1 aliphatic heterocycles. The van der Waals surface area contributed by atoms with Gasteiger partial charge in [-0.15, -0.1) is 0 Å². The van der Waals surface area contributed by atoms with Gasteiger partial charge in [-0.2, -0.15) is 0 Å². The normalized spacial score (nSPS) is 15.0. The van der Waals surface area contributed by atoms with E-state index < -0.39 is 12.0 Å². The lowest BCUT2D eigenvalue weighted by atomic mass is 9.93. The van der Waals surface area contributed by atoms with Crippen LogP contribution in [0.3, 0.4) is 0 Å². The summed E-state index contributed by atoms with van der Waals surface area (Å²) in [5, 5.41) is 0.447. The van der Waals surface area contributed by atoms with Gasteiger partial charge in [-0.25, -0.2) is 9.79 Å². The number of aromatic nitrogens is 1. The lowest BCUT2D eigenvalue weighted by molar-refractivity contribution is -0.139. The highest BCUT2D eigenvalue weighted by Crippen LogP contribution is 2.38. The minimum Gasteiger partial charge on any atom is -0.496 e. The number of carbonyl (C=O) groups is 1. The van der Waals surface area contributed by atoms with Gasteiger partial charge in [0.15, 0.2) is 16.3 Å². The van der Waals surface area contributed by atoms with Crippen molar-refractivity contribution >= 4 is 35.0 Å². The average molecular weight is 571 g/mol. The second-order valence-corrected chi connectivity index (χ2v) is 10.1. The number of esters is 1. The van der Waals surface area contributed by atoms with Crippen molar-refractivity contribution in [3.63, 3.8) is 0 Å². The largest absolute Gasteiger partial charge is 0.496 e. The number of carbonyl (C=O) groups excluding carboxylic acids is 1. The number of hydrogen-bond acceptors (Lipinski definition) is 8. The summed E-state index contributed by atoms with van der Waals surface area (Å²) in [6, 6.07) is 9.79. The molecule has 0 radical (unpaired) electrons. The molecule has 0 saturated carbocycles. The van der Waals surface area contributed by atoms with E-state index in [0.717, 1.165) is 6.42 Å². The van der Waals surface area contributed by atoms with Crippen molar-refractivity contribution in [3.8, 4) is 17.2 Å². The van der Waals surface area contributed by atoms with Crippen LogP contribution in [0.4, 0.5) is 0 Å². The predicted molar refractivity (Wildman–Crippen MR) is 152 cm³/mol. The number of ether oxygens (including phenoxy) is 4. The first kappa shape index (κ1) is 28.4. The Morgan fingerprint density at radius 3 is 2.54 bits per heavy atom. The van der Waals surface area contributed by atoms with E-state index in [9.17, 15) is 9.59 Å². The molecule has 2 aromatic carbocycles. The summed E-state index contributed by atoms with van der Waals surface area (Å²) in [5.41, 5.74) is 1.83. The monoisotopic (exact) mass is 570 g/mol. The maximum absolute atomic E-state index is 14.1. The summed E-state index contributed by atoms with van der Waals surface area (Å²) >= 11 is 7.65. The molecule has 1 atom stereocenters. The van der Waals surface area contributed by atoms with E-state index in [4.69, 9.17) is 35.5 Å². The maximum atomic E-state index is 14.1. The Hall–Kier alpha value is -3.56. The third-order valence-electron chi connectivity index (χ3n) is 6.18. The van der Waals surface area contributed by atoms with E-state index >= 15 is 0 Å². The van der Waals surface area contributed by atoms with Crippen molar-refractivity contribution in [1.82, 2.24) is 4.57 Å². The Morgan fingerprint density at radius 1 is 1.10 bits per heavy atom. The molecule has 0 fully saturated rings. The van der Waals surface area contributed by atoms with Crippen molar-refractivity contribution in [3.05, 3.63) is 83.5 Å². The smallest absolute Gasteiger partial charge is 0.338 e. The summed E-state index contributed by atoms with van der Waals surface area (Å²) in [5.74, 6) is 1.07. The highest BCUT2D eigenvalue weighted by molar-refractivity contribution is 7.07. The summed E-state index contributed by atoms with van der Waals surface area (Å²) < 4.78 is 24.4. The van der Waals surface area contributed by atoms with Crippen LogP contribution in [-0.2, 0) is 9.53 Å². The zero-order valence-corrected chi connectivity index (χ0v) is 24.1. The molecule has 3 aromatic rings. The van der Waals surface area contributed by atoms with Gasteiger partial charge in [0, 0.05) is 16.1 Å². The maximum Gasteiger partial charge on any atom is 0.338 e. The molecule has 0 amide bonds. The lowest BCUT2D eigenvalue weighted by Gasteiger charge is -2.27. The fourth-order valence-corrected chi connectivity index (χ4v) is 5.77. The quantitative estimate of drug-likeness (QED) is 0.330. The molecule has 206 valence electrons. The zero-order chi connectivity index (χ0) is 28.1. The van der Waals surface area contributed by atoms with Crippen LogP contribution >= 0.6 is 22.9 Å². The summed E-state index contributed by atoms with van der Waals surface area (Å²) in [6.45, 7) is 6.25. The van der Waals surface area contributed by atoms with Gasteiger partial charge in [-0.05, 0) is 50.6 Å². The fraction of sp³-hybridized carbons (Fsp3) is 0.345. The average Bonchev–Trinajstić information content (AvgIpc) is 3.23. The van der Waals surface area contributed by atoms with Gasteiger partial charge in [-0.1, -0.05) is 48.4 Å². The van der Waals surface area contributed by atoms with Gasteiger partial charge in [0.1, 0.15) is 11.8 Å². The minimum atomic E-state index is -0.839. The zero-order valence-electron chi connectivity index (χ0n) is 22.6. The first-order valence-electron chi connectivity index (χ1n) is 12.7. The number of para-hydroxylation sites is 1. The van der Waals surface area contributed by atoms with Crippen molar-refractivity contribution in [2.24, 2.45) is 4.99 Å². The number of fused-ring (bicyclic) bond motifs is 1. The first-order valence-corrected chi connectivity index (χ1v) is 13.9. The SMILES string of the molecule is CCCC1=C(C(=O)OCC)[C@@H](c2cc(Cl)ccc2OC)n2c(s/c(=C/c3cccc(OC)c3OCC)c2=O)=N1. The van der Waals surface area contributed by atoms with Crippen molar-refractivity contribution in [1.29, 1.82) is 0 Å². The van der Waals surface area contributed by atoms with Crippen molar-refractivity contribution in [2.75, 3.05) is 27.4 Å². The third kappa shape index (κ3) is 5.60. The van der Waals surface area contributed by atoms with E-state index in [2.05, 4.69) is 0 Å². The van der Waals surface area contributed by atoms with Crippen LogP contribution in [0.25, 0.3) is 6.08 Å². The van der Waals surface area contributed by atoms with Gasteiger partial charge in [0.25, 0.3) is 5.56 Å². The highest BCUT2D eigenvalue weighted by atomic mass is 35.5. The molecule has 39 heavy (non-hydrogen) atoms. The molecule has 8 nitrogen and oxygen atoms in total. The number of methoxy groups -OCH3 is 2. The summed E-state index contributed by atoms with van der Waals surface area (Å²) in [4.78, 5) is 32.7. The van der Waals surface area contributed by atoms with E-state index in [1.807, 2.05) is 26.0 Å². The predicted octanol–water partition coefficient (Wildman–Crippen LogP) is 4.65. The number of allylic oxidation sites excluding steroid dienone is 1. The van der Waals surface area contributed by atoms with Crippen molar-refractivity contribution < 1.29 is 23.7 Å². The van der Waals surface area contributed by atoms with Crippen LogP contribution in [-0.4, -0.2) is 38.0 Å². The molecular weight excluding hydrogens is 540 g/mol. The molecule has 0 aliphatic carbocycles. The second kappa shape index (κ2) is 12.5. The molecular formula is C29H31ClN2O6S. The van der Waals surface area contributed by atoms with Crippen LogP contribution in [0, 0.1) is 0 Å². The first-order chi connectivity index (χ1) is 18.9. The second-order valence-electron chi connectivity index (χ2n) is 8.61. The number of hydrogen-bond donors (Lipinski definition) is 0. The molecule has 0 N–H and O–H groups in total. The van der Waals surface area contributed by atoms with E-state index in [1.54, 1.807) is 44.4 Å². The molecule has 2 heterocycles. The number of thiazole rings is 1. The molecule has 1 aromatic heterocycles. The van der Waals surface area contributed by atoms with E-state index in [0.29, 0.717) is 67.0 Å². The van der Waals surface area contributed by atoms with Crippen LogP contribution in [0.15, 0.2) is 57.5 Å². The van der Waals surface area contributed by atoms with E-state index in [-0.39, 0.29) is 12.2 Å². The van der Waals surface area contributed by atoms with Crippen LogP contribution < -0.4 is 29.1 Å². The summed E-state index contributed by atoms with van der Waals surface area (Å²) in [6.07, 6.45) is 3.04. The topological polar surface area (TPSA) is 88.4 Å². The lowest BCUT2D eigenvalue weighted by Crippen LogP contribution is -2.40. The van der Waals surface area contributed by atoms with Gasteiger partial charge in [0.2, 0.25) is 0 Å². The van der Waals surface area contributed by atoms with Gasteiger partial charge < -0.3 is 18.9 Å². The fourth-order valence-electron chi connectivity index (χ4n) is 4.58. The molecule has 0 bridgehead atoms. The molecule has 0 unspecified atom stereocenters. The van der Waals surface area contributed by atoms with Gasteiger partial charge >= 0.3 is 5.97 Å². The number of halogens is 1. The van der Waals surface area contributed by atoms with Gasteiger partial charge in [-0.3, -0.25) is 9.36 Å². The van der Waals surface area contributed by atoms with Crippen LogP contribution in [0.1, 0.15) is 50.8 Å².